The smallest absolute Gasteiger partial charge is 0.417 e. The van der Waals surface area contributed by atoms with Gasteiger partial charge in [-0.15, -0.1) is 11.3 Å². The number of nitriles is 1. The van der Waals surface area contributed by atoms with Crippen molar-refractivity contribution in [2.24, 2.45) is 16.2 Å². The van der Waals surface area contributed by atoms with Gasteiger partial charge in [0.05, 0.1) is 52.0 Å². The van der Waals surface area contributed by atoms with E-state index in [-0.39, 0.29) is 49.9 Å². The van der Waals surface area contributed by atoms with Gasteiger partial charge in [-0.3, -0.25) is 19.2 Å². The largest absolute Gasteiger partial charge is 0.494 e. The van der Waals surface area contributed by atoms with E-state index in [9.17, 15) is 37.5 Å². The molecule has 4 N–H and O–H groups in total. The molecule has 0 radical (unpaired) electrons. The molecule has 2 fully saturated rings. The summed E-state index contributed by atoms with van der Waals surface area (Å²) in [6.07, 6.45) is -4.94. The fraction of sp³-hybridized carbons (Fsp3) is 0.500. The van der Waals surface area contributed by atoms with Gasteiger partial charge in [0.15, 0.2) is 0 Å². The van der Waals surface area contributed by atoms with Crippen molar-refractivity contribution in [1.82, 2.24) is 25.8 Å². The van der Waals surface area contributed by atoms with Crippen LogP contribution >= 0.6 is 11.3 Å². The Kier molecular flexibility index (Phi) is 16.4. The number of aliphatic hydroxyl groups is 1. The molecule has 1 saturated carbocycles. The maximum Gasteiger partial charge on any atom is 0.417 e. The Morgan fingerprint density at radius 2 is 1.59 bits per heavy atom. The number of rotatable bonds is 18. The number of benzene rings is 3. The minimum atomic E-state index is -4.72. The van der Waals surface area contributed by atoms with Crippen molar-refractivity contribution in [3.63, 3.8) is 0 Å². The zero-order valence-corrected chi connectivity index (χ0v) is 41.8. The van der Waals surface area contributed by atoms with Crippen LogP contribution in [0.2, 0.25) is 0 Å². The van der Waals surface area contributed by atoms with Gasteiger partial charge in [0, 0.05) is 42.0 Å². The van der Waals surface area contributed by atoms with E-state index in [0.29, 0.717) is 30.8 Å². The van der Waals surface area contributed by atoms with Crippen LogP contribution in [0.4, 0.5) is 13.2 Å². The first-order valence-electron chi connectivity index (χ1n) is 23.3. The second kappa shape index (κ2) is 21.5. The third kappa shape index (κ3) is 12.3. The molecule has 2 aliphatic rings. The first kappa shape index (κ1) is 53.3. The lowest BCUT2D eigenvalue weighted by Gasteiger charge is -2.63. The van der Waals surface area contributed by atoms with Crippen molar-refractivity contribution in [2.75, 3.05) is 26.4 Å². The van der Waals surface area contributed by atoms with E-state index in [2.05, 4.69) is 20.9 Å². The second-order valence-corrected chi connectivity index (χ2v) is 21.2. The summed E-state index contributed by atoms with van der Waals surface area (Å²) in [4.78, 5) is 60.9. The van der Waals surface area contributed by atoms with Gasteiger partial charge in [-0.2, -0.15) is 18.4 Å². The molecule has 1 unspecified atom stereocenters. The fourth-order valence-electron chi connectivity index (χ4n) is 9.66. The normalized spacial score (nSPS) is 20.3. The summed E-state index contributed by atoms with van der Waals surface area (Å²) in [7, 11) is 0. The number of aromatic nitrogens is 1. The van der Waals surface area contributed by atoms with Crippen molar-refractivity contribution in [2.45, 2.75) is 124 Å². The highest BCUT2D eigenvalue weighted by Gasteiger charge is 2.64. The highest BCUT2D eigenvalue weighted by molar-refractivity contribution is 7.13. The zero-order valence-electron chi connectivity index (χ0n) is 41.0. The average molecular weight is 989 g/mol. The molecule has 4 amide bonds. The monoisotopic (exact) mass is 988 g/mol. The Morgan fingerprint density at radius 1 is 0.943 bits per heavy atom. The van der Waals surface area contributed by atoms with E-state index in [1.807, 2.05) is 86.6 Å². The number of aliphatic hydroxyl groups excluding tert-OH is 1. The third-order valence-electron chi connectivity index (χ3n) is 13.1. The summed E-state index contributed by atoms with van der Waals surface area (Å²) in [6.45, 7) is 17.0. The molecule has 1 aliphatic carbocycles. The molecule has 376 valence electrons. The molecule has 1 aromatic heterocycles. The van der Waals surface area contributed by atoms with Crippen LogP contribution in [0.25, 0.3) is 10.4 Å². The number of unbranched alkanes of at least 4 members (excludes halogenated alkanes) is 1. The molecule has 4 atom stereocenters. The van der Waals surface area contributed by atoms with Gasteiger partial charge in [0.1, 0.15) is 36.3 Å². The van der Waals surface area contributed by atoms with E-state index in [1.54, 1.807) is 47.2 Å². The van der Waals surface area contributed by atoms with Crippen LogP contribution in [0.15, 0.2) is 72.2 Å². The van der Waals surface area contributed by atoms with Crippen LogP contribution in [-0.2, 0) is 25.3 Å². The summed E-state index contributed by atoms with van der Waals surface area (Å²) in [5.41, 5.74) is 1.44. The number of alkyl halides is 3. The Bertz CT molecular complexity index is 2540. The van der Waals surface area contributed by atoms with Gasteiger partial charge in [0.2, 0.25) is 17.7 Å². The van der Waals surface area contributed by atoms with E-state index in [1.165, 1.54) is 11.0 Å². The summed E-state index contributed by atoms with van der Waals surface area (Å²) in [6, 6.07) is 16.7. The zero-order chi connectivity index (χ0) is 51.3. The van der Waals surface area contributed by atoms with Crippen LogP contribution in [0.1, 0.15) is 113 Å². The number of hydrogen-bond acceptors (Lipinski definition) is 11. The van der Waals surface area contributed by atoms with Crippen LogP contribution in [0.3, 0.4) is 0 Å². The van der Waals surface area contributed by atoms with E-state index in [4.69, 9.17) is 19.5 Å². The SMILES string of the molecule is Cc1ncsc1-c1ccc([C@H](C)NC(=O)[C@@H]2C[C@@H](O)CN2C(=O)C(NC(=O)COCCCCOc2ccc(C(=O)NC3C(C)(C)C(Oc4ccc(C#N)c(C(F)(F)F)c4)C3(C)C)cc2)C(C)(C)C)cc1. The quantitative estimate of drug-likeness (QED) is 0.0708. The van der Waals surface area contributed by atoms with Crippen molar-refractivity contribution in [3.8, 4) is 28.0 Å². The van der Waals surface area contributed by atoms with Gasteiger partial charge in [0.25, 0.3) is 5.91 Å². The lowest BCUT2D eigenvalue weighted by molar-refractivity contribution is -0.164. The molecule has 0 spiro atoms. The van der Waals surface area contributed by atoms with Crippen LogP contribution in [-0.4, -0.2) is 95.3 Å². The Balaban J connectivity index is 0.912. The molecule has 4 aromatic rings. The minimum absolute atomic E-state index is 0.0143. The molecule has 1 saturated heterocycles. The van der Waals surface area contributed by atoms with Gasteiger partial charge in [-0.05, 0) is 85.7 Å². The van der Waals surface area contributed by atoms with Gasteiger partial charge >= 0.3 is 6.18 Å². The first-order chi connectivity index (χ1) is 32.8. The maximum absolute atomic E-state index is 14.1. The minimum Gasteiger partial charge on any atom is -0.494 e. The molecule has 18 heteroatoms. The molecule has 2 heterocycles. The Hall–Kier alpha value is -6.03. The Labute approximate surface area is 411 Å². The number of thiazole rings is 1. The predicted molar refractivity (Wildman–Crippen MR) is 258 cm³/mol. The molecular formula is C52H63F3N6O8S. The highest BCUT2D eigenvalue weighted by atomic mass is 32.1. The van der Waals surface area contributed by atoms with Crippen molar-refractivity contribution >= 4 is 35.0 Å². The highest BCUT2D eigenvalue weighted by Crippen LogP contribution is 2.56. The van der Waals surface area contributed by atoms with Crippen molar-refractivity contribution in [1.29, 1.82) is 5.26 Å². The van der Waals surface area contributed by atoms with Crippen LogP contribution < -0.4 is 25.4 Å². The number of carbonyl (C=O) groups is 4. The summed E-state index contributed by atoms with van der Waals surface area (Å²) in [5, 5.41) is 28.7. The lowest BCUT2D eigenvalue weighted by atomic mass is 9.49. The number of carbonyl (C=O) groups excluding carboxylic acids is 4. The topological polar surface area (TPSA) is 192 Å². The van der Waals surface area contributed by atoms with Gasteiger partial charge in [-0.25, -0.2) is 4.98 Å². The number of likely N-dealkylation sites (tertiary alicyclic amines) is 1. The average Bonchev–Trinajstić information content (AvgIpc) is 3.92. The second-order valence-electron chi connectivity index (χ2n) is 20.4. The maximum atomic E-state index is 14.1. The molecule has 0 bridgehead atoms. The fourth-order valence-corrected chi connectivity index (χ4v) is 10.5. The van der Waals surface area contributed by atoms with Crippen molar-refractivity contribution < 1.29 is 51.7 Å². The molecular weight excluding hydrogens is 926 g/mol. The molecule has 6 rings (SSSR count). The van der Waals surface area contributed by atoms with E-state index < -0.39 is 75.6 Å². The lowest BCUT2D eigenvalue weighted by Crippen LogP contribution is -2.74. The molecule has 14 nitrogen and oxygen atoms in total. The third-order valence-corrected chi connectivity index (χ3v) is 14.1. The standard InChI is InChI=1S/C52H63F3N6O8S/c1-30(32-12-14-33(15-13-32)42-31(2)57-29-70-42)58-45(65)40-24-36(62)27-61(40)46(66)43(49(3,4)5)59-41(63)28-67-22-10-11-23-68-37-19-16-34(17-20-37)44(64)60-47-50(6,7)48(51(47,8)9)69-38-21-18-35(26-56)39(25-38)52(53,54)55/h12-21,25,29-30,36,40,43,47-48,62H,10-11,22-24,27-28H2,1-9H3,(H,58,65)(H,59,63)(H,60,64)/t30-,36+,40-,43?,47?,48?/m0/s1. The molecule has 70 heavy (non-hydrogen) atoms. The van der Waals surface area contributed by atoms with Gasteiger partial charge in [-0.1, -0.05) is 72.7 Å². The predicted octanol–water partition coefficient (Wildman–Crippen LogP) is 8.17. The number of ether oxygens (including phenoxy) is 3. The van der Waals surface area contributed by atoms with E-state index >= 15 is 0 Å². The number of nitrogens with one attached hydrogen (secondary N) is 3. The number of aryl methyl sites for hydroxylation is 1. The van der Waals surface area contributed by atoms with Crippen LogP contribution in [0, 0.1) is 34.5 Å². The molecule has 1 aliphatic heterocycles. The van der Waals surface area contributed by atoms with Gasteiger partial charge < -0.3 is 40.2 Å². The number of nitrogens with zero attached hydrogens (tertiary/aromatic N) is 3. The summed E-state index contributed by atoms with van der Waals surface area (Å²) in [5.74, 6) is -1.16. The first-order valence-corrected chi connectivity index (χ1v) is 24.2. The van der Waals surface area contributed by atoms with E-state index in [0.717, 1.165) is 33.8 Å². The summed E-state index contributed by atoms with van der Waals surface area (Å²) < 4.78 is 58.4. The number of amides is 4. The number of β-amino-alcohol motifs (C(OH)–C–C–N with tert-alkyl or cyclic N) is 1. The number of hydrogen-bond donors (Lipinski definition) is 4. The van der Waals surface area contributed by atoms with Crippen molar-refractivity contribution in [3.05, 3.63) is 100 Å². The number of halogens is 3. The molecule has 3 aromatic carbocycles. The van der Waals surface area contributed by atoms with Crippen LogP contribution in [0.5, 0.6) is 11.5 Å². The Morgan fingerprint density at radius 3 is 2.19 bits per heavy atom. The summed E-state index contributed by atoms with van der Waals surface area (Å²) >= 11 is 1.56.